The van der Waals surface area contributed by atoms with Crippen molar-refractivity contribution in [2.75, 3.05) is 29.9 Å². The second kappa shape index (κ2) is 9.50. The highest BCUT2D eigenvalue weighted by atomic mass is 35.5. The number of benzene rings is 2. The summed E-state index contributed by atoms with van der Waals surface area (Å²) in [4.78, 5) is 23.1. The molecule has 0 saturated heterocycles. The van der Waals surface area contributed by atoms with E-state index in [0.717, 1.165) is 0 Å². The van der Waals surface area contributed by atoms with E-state index in [1.165, 1.54) is 12.4 Å². The minimum Gasteiger partial charge on any atom is -0.489 e. The molecule has 3 aromatic rings. The Kier molecular flexibility index (Phi) is 6.53. The molecule has 2 aromatic carbocycles. The van der Waals surface area contributed by atoms with E-state index in [2.05, 4.69) is 20.6 Å². The van der Waals surface area contributed by atoms with Crippen LogP contribution in [0.15, 0.2) is 48.8 Å². The van der Waals surface area contributed by atoms with Crippen LogP contribution in [-0.2, 0) is 4.79 Å². The maximum absolute atomic E-state index is 14.5. The van der Waals surface area contributed by atoms with Gasteiger partial charge < -0.3 is 20.3 Å². The molecule has 1 aliphatic rings. The molecule has 0 fully saturated rings. The molecule has 0 spiro atoms. The number of fused-ring (bicyclic) bond motifs is 3. The zero-order chi connectivity index (χ0) is 22.7. The number of carbonyl (C=O) groups excluding carboxylic acids is 1. The van der Waals surface area contributed by atoms with Gasteiger partial charge in [0.15, 0.2) is 11.6 Å². The molecule has 0 aliphatic carbocycles. The molecule has 9 heteroatoms. The molecule has 0 atom stereocenters. The topological polar surface area (TPSA) is 79.4 Å². The summed E-state index contributed by atoms with van der Waals surface area (Å²) in [6.07, 6.45) is 4.74. The predicted octanol–water partition coefficient (Wildman–Crippen LogP) is 4.45. The van der Waals surface area contributed by atoms with E-state index in [1.807, 2.05) is 13.8 Å². The minimum atomic E-state index is -0.580. The number of amides is 1. The van der Waals surface area contributed by atoms with Crippen molar-refractivity contribution in [3.05, 3.63) is 59.7 Å². The van der Waals surface area contributed by atoms with E-state index >= 15 is 0 Å². The first-order valence-corrected chi connectivity index (χ1v) is 10.7. The second-order valence-electron chi connectivity index (χ2n) is 7.56. The van der Waals surface area contributed by atoms with Crippen molar-refractivity contribution in [1.82, 2.24) is 15.3 Å². The fourth-order valence-electron chi connectivity index (χ4n) is 3.43. The highest BCUT2D eigenvalue weighted by Gasteiger charge is 2.26. The third-order valence-electron chi connectivity index (χ3n) is 4.96. The van der Waals surface area contributed by atoms with Crippen molar-refractivity contribution in [3.8, 4) is 5.75 Å². The summed E-state index contributed by atoms with van der Waals surface area (Å²) in [5.74, 6) is 0.107. The number of hydrogen-bond donors (Lipinski definition) is 2. The lowest BCUT2D eigenvalue weighted by Gasteiger charge is -2.30. The Hall–Kier alpha value is -3.23. The molecule has 0 unspecified atom stereocenters. The first-order valence-electron chi connectivity index (χ1n) is 10.3. The van der Waals surface area contributed by atoms with Gasteiger partial charge >= 0.3 is 0 Å². The van der Waals surface area contributed by atoms with Crippen molar-refractivity contribution < 1.29 is 13.9 Å². The van der Waals surface area contributed by atoms with Gasteiger partial charge in [-0.05, 0) is 24.3 Å². The van der Waals surface area contributed by atoms with Crippen molar-refractivity contribution in [2.24, 2.45) is 0 Å². The van der Waals surface area contributed by atoms with E-state index in [4.69, 9.17) is 16.3 Å². The van der Waals surface area contributed by atoms with Gasteiger partial charge in [-0.15, -0.1) is 0 Å². The quantitative estimate of drug-likeness (QED) is 0.535. The molecule has 0 radical (unpaired) electrons. The number of aromatic nitrogens is 2. The van der Waals surface area contributed by atoms with E-state index in [0.29, 0.717) is 53.9 Å². The first kappa shape index (κ1) is 22.0. The summed E-state index contributed by atoms with van der Waals surface area (Å²) < 4.78 is 20.4. The van der Waals surface area contributed by atoms with Crippen LogP contribution in [0.4, 0.5) is 21.6 Å². The number of rotatable bonds is 6. The maximum atomic E-state index is 14.5. The summed E-state index contributed by atoms with van der Waals surface area (Å²) >= 11 is 5.91. The van der Waals surface area contributed by atoms with Crippen LogP contribution in [0.2, 0.25) is 5.02 Å². The van der Waals surface area contributed by atoms with Crippen molar-refractivity contribution in [2.45, 2.75) is 19.9 Å². The van der Waals surface area contributed by atoms with Crippen LogP contribution in [0.1, 0.15) is 13.8 Å². The van der Waals surface area contributed by atoms with E-state index in [1.54, 1.807) is 41.3 Å². The molecule has 1 amide bonds. The van der Waals surface area contributed by atoms with Gasteiger partial charge in [0.1, 0.15) is 18.8 Å². The largest absolute Gasteiger partial charge is 0.489 e. The first-order chi connectivity index (χ1) is 15.5. The Morgan fingerprint density at radius 3 is 2.97 bits per heavy atom. The molecule has 7 nitrogen and oxygen atoms in total. The molecule has 1 aliphatic heterocycles. The normalized spacial score (nSPS) is 13.5. The molecular formula is C23H23ClFN5O2. The second-order valence-corrected chi connectivity index (χ2v) is 7.97. The third-order valence-corrected chi connectivity index (χ3v) is 5.25. The van der Waals surface area contributed by atoms with Gasteiger partial charge in [-0.1, -0.05) is 37.6 Å². The number of hydrogen-bond acceptors (Lipinski definition) is 6. The fraction of sp³-hybridized carbons (Fsp3) is 0.261. The van der Waals surface area contributed by atoms with E-state index in [9.17, 15) is 9.18 Å². The summed E-state index contributed by atoms with van der Waals surface area (Å²) in [5, 5.41) is 6.79. The maximum Gasteiger partial charge on any atom is 0.250 e. The summed E-state index contributed by atoms with van der Waals surface area (Å²) in [6, 6.07) is 8.60. The van der Waals surface area contributed by atoms with Crippen molar-refractivity contribution in [3.63, 3.8) is 0 Å². The molecular weight excluding hydrogens is 433 g/mol. The summed E-state index contributed by atoms with van der Waals surface area (Å²) in [7, 11) is 0. The Morgan fingerprint density at radius 1 is 1.31 bits per heavy atom. The van der Waals surface area contributed by atoms with Crippen molar-refractivity contribution in [1.29, 1.82) is 0 Å². The Labute approximate surface area is 190 Å². The average Bonchev–Trinajstić information content (AvgIpc) is 2.79. The molecule has 32 heavy (non-hydrogen) atoms. The minimum absolute atomic E-state index is 0.00200. The van der Waals surface area contributed by atoms with Gasteiger partial charge in [-0.2, -0.15) is 0 Å². The van der Waals surface area contributed by atoms with Gasteiger partial charge in [0, 0.05) is 18.7 Å². The standard InChI is InChI=1S/C23H23ClFN5O2/c1-14(2)26-10-4-7-19(31)30-11-12-32-22-18(30)9-8-16-20(22)23(28-13-27-16)29-17-6-3-5-15(24)21(17)25/h3-9,13-14,26H,10-12H2,1-2H3,(H,27,28,29)/b7-4+. The van der Waals surface area contributed by atoms with Crippen LogP contribution in [0, 0.1) is 5.82 Å². The zero-order valence-electron chi connectivity index (χ0n) is 17.7. The number of nitrogens with one attached hydrogen (secondary N) is 2. The molecule has 2 heterocycles. The van der Waals surface area contributed by atoms with Crippen LogP contribution in [-0.4, -0.2) is 41.6 Å². The monoisotopic (exact) mass is 455 g/mol. The van der Waals surface area contributed by atoms with Crippen LogP contribution >= 0.6 is 11.6 Å². The van der Waals surface area contributed by atoms with Crippen LogP contribution < -0.4 is 20.3 Å². The van der Waals surface area contributed by atoms with Gasteiger partial charge in [0.25, 0.3) is 5.91 Å². The molecule has 4 rings (SSSR count). The van der Waals surface area contributed by atoms with Crippen LogP contribution in [0.5, 0.6) is 5.75 Å². The molecule has 1 aromatic heterocycles. The van der Waals surface area contributed by atoms with E-state index < -0.39 is 5.82 Å². The number of halogens is 2. The van der Waals surface area contributed by atoms with Crippen LogP contribution in [0.3, 0.4) is 0 Å². The van der Waals surface area contributed by atoms with Crippen LogP contribution in [0.25, 0.3) is 10.9 Å². The lowest BCUT2D eigenvalue weighted by molar-refractivity contribution is -0.114. The third kappa shape index (κ3) is 4.51. The molecule has 2 N–H and O–H groups in total. The number of ether oxygens (including phenoxy) is 1. The van der Waals surface area contributed by atoms with Gasteiger partial charge in [0.2, 0.25) is 0 Å². The number of anilines is 3. The Morgan fingerprint density at radius 2 is 2.16 bits per heavy atom. The average molecular weight is 456 g/mol. The summed E-state index contributed by atoms with van der Waals surface area (Å²) in [5.41, 5.74) is 1.40. The number of nitrogens with zero attached hydrogens (tertiary/aromatic N) is 3. The van der Waals surface area contributed by atoms with Gasteiger partial charge in [-0.3, -0.25) is 4.79 Å². The van der Waals surface area contributed by atoms with Gasteiger partial charge in [0.05, 0.1) is 33.8 Å². The zero-order valence-corrected chi connectivity index (χ0v) is 18.5. The fourth-order valence-corrected chi connectivity index (χ4v) is 3.61. The van der Waals surface area contributed by atoms with E-state index in [-0.39, 0.29) is 16.6 Å². The summed E-state index contributed by atoms with van der Waals surface area (Å²) in [6.45, 7) is 5.42. The lowest BCUT2D eigenvalue weighted by atomic mass is 10.1. The highest BCUT2D eigenvalue weighted by Crippen LogP contribution is 2.41. The molecule has 0 bridgehead atoms. The number of carbonyl (C=O) groups is 1. The lowest BCUT2D eigenvalue weighted by Crippen LogP contribution is -2.37. The molecule has 166 valence electrons. The Balaban J connectivity index is 1.70. The highest BCUT2D eigenvalue weighted by molar-refractivity contribution is 6.31. The van der Waals surface area contributed by atoms with Crippen molar-refractivity contribution >= 4 is 45.6 Å². The predicted molar refractivity (Wildman–Crippen MR) is 124 cm³/mol. The smallest absolute Gasteiger partial charge is 0.250 e. The van der Waals surface area contributed by atoms with Gasteiger partial charge in [-0.25, -0.2) is 14.4 Å². The molecule has 0 saturated carbocycles. The SMILES string of the molecule is CC(C)NC/C=C/C(=O)N1CCOc2c1ccc1ncnc(Nc3cccc(Cl)c3F)c21. The Bertz CT molecular complexity index is 1180.